The molecule has 6 nitrogen and oxygen atoms in total. The van der Waals surface area contributed by atoms with Gasteiger partial charge in [-0.05, 0) is 56.4 Å². The molecule has 0 aliphatic rings. The number of methoxy groups -OCH3 is 1. The summed E-state index contributed by atoms with van der Waals surface area (Å²) in [5, 5.41) is 0. The van der Waals surface area contributed by atoms with Gasteiger partial charge in [-0.15, -0.1) is 0 Å². The first-order valence-electron chi connectivity index (χ1n) is 8.31. The third-order valence-electron chi connectivity index (χ3n) is 3.40. The van der Waals surface area contributed by atoms with Gasteiger partial charge < -0.3 is 14.2 Å². The Morgan fingerprint density at radius 2 is 1.25 bits per heavy atom. The van der Waals surface area contributed by atoms with E-state index in [1.54, 1.807) is 7.11 Å². The van der Waals surface area contributed by atoms with Crippen molar-refractivity contribution in [2.24, 2.45) is 0 Å². The molecule has 1 N–H and O–H groups in total. The Labute approximate surface area is 144 Å². The molecule has 0 heterocycles. The fourth-order valence-corrected chi connectivity index (χ4v) is 2.67. The molecule has 0 amide bonds. The summed E-state index contributed by atoms with van der Waals surface area (Å²) in [6, 6.07) is 7.38. The minimum absolute atomic E-state index is 0.228. The molecule has 0 bridgehead atoms. The molecule has 0 unspecified atom stereocenters. The van der Waals surface area contributed by atoms with Gasteiger partial charge in [0.1, 0.15) is 11.5 Å². The van der Waals surface area contributed by atoms with Crippen LogP contribution < -0.4 is 9.47 Å². The molecule has 1 aromatic rings. The van der Waals surface area contributed by atoms with Gasteiger partial charge >= 0.3 is 0 Å². The maximum Gasteiger partial charge on any atom is 0.264 e. The lowest BCUT2D eigenvalue weighted by molar-refractivity contribution is 0.191. The molecule has 1 aromatic carbocycles. The van der Waals surface area contributed by atoms with Gasteiger partial charge in [0, 0.05) is 13.7 Å². The standard InChI is InChI=1S/C17H28O6S/c1-21-12-4-2-3-5-13-22-16-8-10-17(11-9-16)23-14-6-7-15-24(18,19)20/h8-11H,2-7,12-15H2,1H3,(H,18,19,20). The summed E-state index contributed by atoms with van der Waals surface area (Å²) in [6.07, 6.45) is 5.35. The number of rotatable bonds is 14. The first-order chi connectivity index (χ1) is 11.5. The van der Waals surface area contributed by atoms with Crippen molar-refractivity contribution in [3.63, 3.8) is 0 Å². The third kappa shape index (κ3) is 11.3. The lowest BCUT2D eigenvalue weighted by atomic mass is 10.2. The van der Waals surface area contributed by atoms with Crippen LogP contribution in [0.4, 0.5) is 0 Å². The highest BCUT2D eigenvalue weighted by Crippen LogP contribution is 2.18. The van der Waals surface area contributed by atoms with Gasteiger partial charge in [0.2, 0.25) is 0 Å². The minimum Gasteiger partial charge on any atom is -0.494 e. The predicted octanol–water partition coefficient (Wildman–Crippen LogP) is 3.32. The topological polar surface area (TPSA) is 82.1 Å². The second-order valence-corrected chi connectivity index (χ2v) is 7.14. The van der Waals surface area contributed by atoms with Crippen LogP contribution in [0.15, 0.2) is 24.3 Å². The SMILES string of the molecule is COCCCCCCOc1ccc(OCCCCS(=O)(=O)O)cc1. The second kappa shape index (κ2) is 12.1. The number of ether oxygens (including phenoxy) is 3. The molecule has 0 radical (unpaired) electrons. The smallest absolute Gasteiger partial charge is 0.264 e. The highest BCUT2D eigenvalue weighted by molar-refractivity contribution is 7.85. The van der Waals surface area contributed by atoms with Crippen molar-refractivity contribution in [2.45, 2.75) is 38.5 Å². The summed E-state index contributed by atoms with van der Waals surface area (Å²) < 4.78 is 45.9. The molecule has 0 atom stereocenters. The zero-order chi connectivity index (χ0) is 17.7. The Balaban J connectivity index is 2.10. The van der Waals surface area contributed by atoms with Crippen LogP contribution in [0, 0.1) is 0 Å². The Bertz CT molecular complexity index is 527. The molecule has 0 aliphatic heterocycles. The molecular weight excluding hydrogens is 332 g/mol. The monoisotopic (exact) mass is 360 g/mol. The first kappa shape index (κ1) is 20.7. The maximum absolute atomic E-state index is 10.6. The fourth-order valence-electron chi connectivity index (χ4n) is 2.10. The minimum atomic E-state index is -3.87. The van der Waals surface area contributed by atoms with Crippen LogP contribution in [0.5, 0.6) is 11.5 Å². The zero-order valence-electron chi connectivity index (χ0n) is 14.3. The van der Waals surface area contributed by atoms with Gasteiger partial charge in [-0.3, -0.25) is 4.55 Å². The van der Waals surface area contributed by atoms with Crippen molar-refractivity contribution in [3.05, 3.63) is 24.3 Å². The van der Waals surface area contributed by atoms with E-state index in [2.05, 4.69) is 0 Å². The molecule has 0 fully saturated rings. The summed E-state index contributed by atoms with van der Waals surface area (Å²) in [5.74, 6) is 1.30. The van der Waals surface area contributed by atoms with Gasteiger partial charge in [-0.1, -0.05) is 6.42 Å². The van der Waals surface area contributed by atoms with Gasteiger partial charge in [0.25, 0.3) is 10.1 Å². The summed E-state index contributed by atoms with van der Waals surface area (Å²) in [5.41, 5.74) is 0. The van der Waals surface area contributed by atoms with E-state index in [1.807, 2.05) is 24.3 Å². The highest BCUT2D eigenvalue weighted by Gasteiger charge is 2.03. The van der Waals surface area contributed by atoms with E-state index in [0.29, 0.717) is 31.8 Å². The normalized spacial score (nSPS) is 11.4. The Hall–Kier alpha value is -1.31. The van der Waals surface area contributed by atoms with Gasteiger partial charge in [-0.25, -0.2) is 0 Å². The van der Waals surface area contributed by atoms with Crippen LogP contribution in [0.3, 0.4) is 0 Å². The average Bonchev–Trinajstić information content (AvgIpc) is 2.54. The van der Waals surface area contributed by atoms with Crippen molar-refractivity contribution >= 4 is 10.1 Å². The summed E-state index contributed by atoms with van der Waals surface area (Å²) in [6.45, 7) is 1.93. The molecule has 0 spiro atoms. The maximum atomic E-state index is 10.6. The number of hydrogen-bond acceptors (Lipinski definition) is 5. The van der Waals surface area contributed by atoms with Crippen LogP contribution in [-0.4, -0.2) is 45.7 Å². The molecule has 138 valence electrons. The van der Waals surface area contributed by atoms with Crippen LogP contribution >= 0.6 is 0 Å². The number of benzene rings is 1. The van der Waals surface area contributed by atoms with E-state index < -0.39 is 10.1 Å². The van der Waals surface area contributed by atoms with Crippen LogP contribution in [0.25, 0.3) is 0 Å². The third-order valence-corrected chi connectivity index (χ3v) is 4.21. The van der Waals surface area contributed by atoms with Gasteiger partial charge in [0.15, 0.2) is 0 Å². The molecule has 7 heteroatoms. The van der Waals surface area contributed by atoms with Crippen molar-refractivity contribution in [3.8, 4) is 11.5 Å². The van der Waals surface area contributed by atoms with Gasteiger partial charge in [-0.2, -0.15) is 8.42 Å². The second-order valence-electron chi connectivity index (χ2n) is 5.57. The largest absolute Gasteiger partial charge is 0.494 e. The van der Waals surface area contributed by atoms with Crippen LogP contribution in [0.2, 0.25) is 0 Å². The zero-order valence-corrected chi connectivity index (χ0v) is 15.1. The molecule has 1 rings (SSSR count). The summed E-state index contributed by atoms with van der Waals surface area (Å²) in [7, 11) is -2.15. The Morgan fingerprint density at radius 1 is 0.792 bits per heavy atom. The molecule has 0 aromatic heterocycles. The quantitative estimate of drug-likeness (QED) is 0.405. The lowest BCUT2D eigenvalue weighted by Gasteiger charge is -2.08. The summed E-state index contributed by atoms with van der Waals surface area (Å²) in [4.78, 5) is 0. The lowest BCUT2D eigenvalue weighted by Crippen LogP contribution is -2.06. The van der Waals surface area contributed by atoms with E-state index in [0.717, 1.165) is 38.0 Å². The van der Waals surface area contributed by atoms with Crippen molar-refractivity contribution in [1.29, 1.82) is 0 Å². The number of hydrogen-bond donors (Lipinski definition) is 1. The molecule has 0 aliphatic carbocycles. The molecule has 0 saturated heterocycles. The average molecular weight is 360 g/mol. The first-order valence-corrected chi connectivity index (χ1v) is 9.92. The molecular formula is C17H28O6S. The van der Waals surface area contributed by atoms with E-state index in [1.165, 1.54) is 0 Å². The van der Waals surface area contributed by atoms with Crippen LogP contribution in [0.1, 0.15) is 38.5 Å². The van der Waals surface area contributed by atoms with E-state index >= 15 is 0 Å². The van der Waals surface area contributed by atoms with Crippen molar-refractivity contribution in [2.75, 3.05) is 32.7 Å². The summed E-state index contributed by atoms with van der Waals surface area (Å²) >= 11 is 0. The molecule has 24 heavy (non-hydrogen) atoms. The number of unbranched alkanes of at least 4 members (excludes halogenated alkanes) is 4. The predicted molar refractivity (Wildman–Crippen MR) is 93.4 cm³/mol. The fraction of sp³-hybridized carbons (Fsp3) is 0.647. The highest BCUT2D eigenvalue weighted by atomic mass is 32.2. The molecule has 0 saturated carbocycles. The van der Waals surface area contributed by atoms with E-state index in [9.17, 15) is 8.42 Å². The Kier molecular flexibility index (Phi) is 10.5. The Morgan fingerprint density at radius 3 is 1.71 bits per heavy atom. The van der Waals surface area contributed by atoms with Crippen molar-refractivity contribution in [1.82, 2.24) is 0 Å². The van der Waals surface area contributed by atoms with E-state index in [4.69, 9.17) is 18.8 Å². The van der Waals surface area contributed by atoms with Gasteiger partial charge in [0.05, 0.1) is 19.0 Å². The van der Waals surface area contributed by atoms with Crippen molar-refractivity contribution < 1.29 is 27.2 Å². The van der Waals surface area contributed by atoms with E-state index in [-0.39, 0.29) is 5.75 Å². The van der Waals surface area contributed by atoms with Crippen LogP contribution in [-0.2, 0) is 14.9 Å².